The Hall–Kier alpha value is -1.92. The van der Waals surface area contributed by atoms with Gasteiger partial charge in [-0.05, 0) is 31.5 Å². The van der Waals surface area contributed by atoms with Crippen LogP contribution in [0.1, 0.15) is 44.4 Å². The van der Waals surface area contributed by atoms with Gasteiger partial charge in [0.05, 0.1) is 16.6 Å². The largest absolute Gasteiger partial charge is 0.476 e. The molecule has 1 atom stereocenters. The van der Waals surface area contributed by atoms with E-state index in [1.165, 1.54) is 16.7 Å². The van der Waals surface area contributed by atoms with Gasteiger partial charge in [0.1, 0.15) is 5.01 Å². The molecule has 2 rings (SSSR count). The van der Waals surface area contributed by atoms with Gasteiger partial charge in [0.2, 0.25) is 0 Å². The van der Waals surface area contributed by atoms with Gasteiger partial charge >= 0.3 is 5.97 Å². The first-order valence-corrected chi connectivity index (χ1v) is 7.40. The Kier molecular flexibility index (Phi) is 4.59. The van der Waals surface area contributed by atoms with E-state index in [1.54, 1.807) is 25.1 Å². The van der Waals surface area contributed by atoms with Crippen LogP contribution in [0.3, 0.4) is 0 Å². The summed E-state index contributed by atoms with van der Waals surface area (Å²) in [6.45, 7) is 3.63. The van der Waals surface area contributed by atoms with Gasteiger partial charge in [0, 0.05) is 5.38 Å². The standard InChI is InChI=1S/C14H13ClN2O3S/c1-7-3-4-9(10(15)5-7)12(18)16-8(2)13-17-11(6-21-13)14(19)20/h3-6,8H,1-2H3,(H,16,18)(H,19,20). The fourth-order valence-corrected chi connectivity index (χ4v) is 2.85. The highest BCUT2D eigenvalue weighted by Gasteiger charge is 2.18. The Morgan fingerprint density at radius 2 is 2.14 bits per heavy atom. The fraction of sp³-hybridized carbons (Fsp3) is 0.214. The Morgan fingerprint density at radius 3 is 2.71 bits per heavy atom. The quantitative estimate of drug-likeness (QED) is 0.904. The zero-order chi connectivity index (χ0) is 15.6. The number of carbonyl (C=O) groups excluding carboxylic acids is 1. The average molecular weight is 325 g/mol. The first kappa shape index (κ1) is 15.5. The van der Waals surface area contributed by atoms with Gasteiger partial charge in [-0.2, -0.15) is 0 Å². The first-order chi connectivity index (χ1) is 9.88. The minimum atomic E-state index is -1.09. The van der Waals surface area contributed by atoms with Gasteiger partial charge in [-0.1, -0.05) is 17.7 Å². The van der Waals surface area contributed by atoms with Crippen molar-refractivity contribution in [1.29, 1.82) is 0 Å². The van der Waals surface area contributed by atoms with Crippen molar-refractivity contribution in [2.24, 2.45) is 0 Å². The number of hydrogen-bond acceptors (Lipinski definition) is 4. The van der Waals surface area contributed by atoms with Crippen LogP contribution in [0, 0.1) is 6.92 Å². The molecule has 1 amide bonds. The number of aromatic nitrogens is 1. The maximum absolute atomic E-state index is 12.2. The molecule has 1 aromatic carbocycles. The molecule has 5 nitrogen and oxygen atoms in total. The topological polar surface area (TPSA) is 79.3 Å². The van der Waals surface area contributed by atoms with Gasteiger partial charge in [-0.3, -0.25) is 4.79 Å². The maximum atomic E-state index is 12.2. The van der Waals surface area contributed by atoms with Crippen LogP contribution in [-0.2, 0) is 0 Å². The summed E-state index contributed by atoms with van der Waals surface area (Å²) in [5.41, 5.74) is 1.32. The van der Waals surface area contributed by atoms with Crippen LogP contribution < -0.4 is 5.32 Å². The second kappa shape index (κ2) is 6.24. The molecule has 1 unspecified atom stereocenters. The minimum Gasteiger partial charge on any atom is -0.476 e. The first-order valence-electron chi connectivity index (χ1n) is 6.14. The van der Waals surface area contributed by atoms with Crippen molar-refractivity contribution in [3.8, 4) is 0 Å². The maximum Gasteiger partial charge on any atom is 0.355 e. The molecule has 0 saturated heterocycles. The van der Waals surface area contributed by atoms with Crippen LogP contribution >= 0.6 is 22.9 Å². The number of rotatable bonds is 4. The lowest BCUT2D eigenvalue weighted by Gasteiger charge is -2.12. The number of hydrogen-bond donors (Lipinski definition) is 2. The normalized spacial score (nSPS) is 12.0. The van der Waals surface area contributed by atoms with Gasteiger partial charge in [0.25, 0.3) is 5.91 Å². The molecule has 21 heavy (non-hydrogen) atoms. The highest BCUT2D eigenvalue weighted by atomic mass is 35.5. The van der Waals surface area contributed by atoms with E-state index >= 15 is 0 Å². The summed E-state index contributed by atoms with van der Waals surface area (Å²) in [6.07, 6.45) is 0. The van der Waals surface area contributed by atoms with Gasteiger partial charge in [-0.15, -0.1) is 11.3 Å². The summed E-state index contributed by atoms with van der Waals surface area (Å²) in [7, 11) is 0. The highest BCUT2D eigenvalue weighted by Crippen LogP contribution is 2.21. The predicted octanol–water partition coefficient (Wildman–Crippen LogP) is 3.29. The van der Waals surface area contributed by atoms with Crippen molar-refractivity contribution in [1.82, 2.24) is 10.3 Å². The smallest absolute Gasteiger partial charge is 0.355 e. The van der Waals surface area contributed by atoms with Gasteiger partial charge in [0.15, 0.2) is 5.69 Å². The molecular weight excluding hydrogens is 312 g/mol. The highest BCUT2D eigenvalue weighted by molar-refractivity contribution is 7.09. The number of amides is 1. The number of carboxylic acid groups (broad SMARTS) is 1. The summed E-state index contributed by atoms with van der Waals surface area (Å²) >= 11 is 7.24. The number of halogens is 1. The van der Waals surface area contributed by atoms with E-state index < -0.39 is 12.0 Å². The molecule has 1 aromatic heterocycles. The Bertz CT molecular complexity index is 699. The summed E-state index contributed by atoms with van der Waals surface area (Å²) in [5, 5.41) is 14.0. The van der Waals surface area contributed by atoms with E-state index in [0.29, 0.717) is 15.6 Å². The number of aromatic carboxylic acids is 1. The zero-order valence-corrected chi connectivity index (χ0v) is 13.0. The van der Waals surface area contributed by atoms with E-state index in [-0.39, 0.29) is 11.6 Å². The van der Waals surface area contributed by atoms with Crippen LogP contribution in [0.5, 0.6) is 0 Å². The number of aryl methyl sites for hydroxylation is 1. The van der Waals surface area contributed by atoms with Gasteiger partial charge < -0.3 is 10.4 Å². The molecule has 110 valence electrons. The third-order valence-electron chi connectivity index (χ3n) is 2.83. The number of benzene rings is 1. The molecule has 0 aliphatic rings. The molecule has 0 aliphatic carbocycles. The van der Waals surface area contributed by atoms with E-state index in [9.17, 15) is 9.59 Å². The molecule has 1 heterocycles. The van der Waals surface area contributed by atoms with E-state index in [2.05, 4.69) is 10.3 Å². The molecule has 0 fully saturated rings. The molecule has 0 radical (unpaired) electrons. The van der Waals surface area contributed by atoms with E-state index in [0.717, 1.165) is 5.56 Å². The van der Waals surface area contributed by atoms with Crippen molar-refractivity contribution in [3.63, 3.8) is 0 Å². The molecule has 7 heteroatoms. The molecular formula is C14H13ClN2O3S. The van der Waals surface area contributed by atoms with Crippen molar-refractivity contribution in [2.75, 3.05) is 0 Å². The Labute approximate surface area is 130 Å². The summed E-state index contributed by atoms with van der Waals surface area (Å²) < 4.78 is 0. The second-order valence-corrected chi connectivity index (χ2v) is 5.85. The number of nitrogens with one attached hydrogen (secondary N) is 1. The lowest BCUT2D eigenvalue weighted by Crippen LogP contribution is -2.27. The van der Waals surface area contributed by atoms with Crippen LogP contribution in [0.4, 0.5) is 0 Å². The summed E-state index contributed by atoms with van der Waals surface area (Å²) in [6, 6.07) is 4.78. The number of carbonyl (C=O) groups is 2. The van der Waals surface area contributed by atoms with Crippen LogP contribution in [-0.4, -0.2) is 22.0 Å². The monoisotopic (exact) mass is 324 g/mol. The minimum absolute atomic E-state index is 0.0236. The lowest BCUT2D eigenvalue weighted by atomic mass is 10.1. The molecule has 0 saturated carbocycles. The molecule has 0 spiro atoms. The molecule has 0 bridgehead atoms. The van der Waals surface area contributed by atoms with Crippen molar-refractivity contribution < 1.29 is 14.7 Å². The number of thiazole rings is 1. The third-order valence-corrected chi connectivity index (χ3v) is 4.17. The molecule has 2 aromatic rings. The zero-order valence-electron chi connectivity index (χ0n) is 11.4. The van der Waals surface area contributed by atoms with Crippen LogP contribution in [0.2, 0.25) is 5.02 Å². The molecule has 2 N–H and O–H groups in total. The summed E-state index contributed by atoms with van der Waals surface area (Å²) in [5.74, 6) is -1.41. The van der Waals surface area contributed by atoms with Crippen molar-refractivity contribution >= 4 is 34.8 Å². The van der Waals surface area contributed by atoms with Crippen LogP contribution in [0.25, 0.3) is 0 Å². The SMILES string of the molecule is Cc1ccc(C(=O)NC(C)c2nc(C(=O)O)cs2)c(Cl)c1. The lowest BCUT2D eigenvalue weighted by molar-refractivity contribution is 0.0691. The second-order valence-electron chi connectivity index (χ2n) is 4.55. The predicted molar refractivity (Wildman–Crippen MR) is 81.1 cm³/mol. The number of nitrogens with zero attached hydrogens (tertiary/aromatic N) is 1. The Morgan fingerprint density at radius 1 is 1.43 bits per heavy atom. The van der Waals surface area contributed by atoms with E-state index in [1.807, 2.05) is 6.92 Å². The Balaban J connectivity index is 2.12. The van der Waals surface area contributed by atoms with Crippen LogP contribution in [0.15, 0.2) is 23.6 Å². The fourth-order valence-electron chi connectivity index (χ4n) is 1.73. The van der Waals surface area contributed by atoms with Crippen molar-refractivity contribution in [3.05, 3.63) is 50.4 Å². The number of carboxylic acids is 1. The molecule has 0 aliphatic heterocycles. The van der Waals surface area contributed by atoms with E-state index in [4.69, 9.17) is 16.7 Å². The van der Waals surface area contributed by atoms with Crippen molar-refractivity contribution in [2.45, 2.75) is 19.9 Å². The third kappa shape index (κ3) is 3.59. The van der Waals surface area contributed by atoms with Gasteiger partial charge in [-0.25, -0.2) is 9.78 Å². The summed E-state index contributed by atoms with van der Waals surface area (Å²) in [4.78, 5) is 26.9. The average Bonchev–Trinajstić information content (AvgIpc) is 2.88.